The number of carbonyl (C=O) groups excluding carboxylic acids is 1. The number of aliphatic carboxylic acids is 1. The van der Waals surface area contributed by atoms with Gasteiger partial charge in [0, 0.05) is 18.7 Å². The zero-order valence-corrected chi connectivity index (χ0v) is 14.4. The molecule has 1 aromatic heterocycles. The van der Waals surface area contributed by atoms with Crippen molar-refractivity contribution in [3.05, 3.63) is 64.6 Å². The van der Waals surface area contributed by atoms with Crippen LogP contribution in [0.5, 0.6) is 0 Å². The first-order chi connectivity index (χ1) is 12.0. The Bertz CT molecular complexity index is 847. The van der Waals surface area contributed by atoms with Crippen LogP contribution in [-0.4, -0.2) is 35.0 Å². The van der Waals surface area contributed by atoms with Gasteiger partial charge >= 0.3 is 5.97 Å². The van der Waals surface area contributed by atoms with Gasteiger partial charge in [0.1, 0.15) is 12.2 Å². The van der Waals surface area contributed by atoms with Gasteiger partial charge < -0.3 is 14.4 Å². The third-order valence-electron chi connectivity index (χ3n) is 4.46. The molecule has 0 spiro atoms. The molecule has 1 aliphatic rings. The number of benzene rings is 1. The van der Waals surface area contributed by atoms with E-state index in [4.69, 9.17) is 9.52 Å². The van der Waals surface area contributed by atoms with Crippen LogP contribution in [0.25, 0.3) is 5.57 Å². The highest BCUT2D eigenvalue weighted by Gasteiger charge is 2.26. The second-order valence-electron chi connectivity index (χ2n) is 6.39. The van der Waals surface area contributed by atoms with Crippen molar-refractivity contribution in [2.45, 2.75) is 26.7 Å². The fourth-order valence-electron chi connectivity index (χ4n) is 3.17. The van der Waals surface area contributed by atoms with E-state index in [1.54, 1.807) is 11.8 Å². The molecule has 0 saturated carbocycles. The Hall–Kier alpha value is -2.82. The lowest BCUT2D eigenvalue weighted by molar-refractivity contribution is -0.136. The van der Waals surface area contributed by atoms with Crippen molar-refractivity contribution in [3.63, 3.8) is 0 Å². The monoisotopic (exact) mass is 339 g/mol. The summed E-state index contributed by atoms with van der Waals surface area (Å²) in [5.74, 6) is -0.950. The second-order valence-corrected chi connectivity index (χ2v) is 6.39. The first-order valence-corrected chi connectivity index (χ1v) is 8.30. The summed E-state index contributed by atoms with van der Waals surface area (Å²) >= 11 is 0. The minimum Gasteiger partial charge on any atom is -0.481 e. The van der Waals surface area contributed by atoms with Gasteiger partial charge in [0.15, 0.2) is 0 Å². The zero-order chi connectivity index (χ0) is 18.0. The molecule has 0 bridgehead atoms. The largest absolute Gasteiger partial charge is 0.481 e. The zero-order valence-electron chi connectivity index (χ0n) is 14.4. The van der Waals surface area contributed by atoms with Gasteiger partial charge in [0.25, 0.3) is 5.91 Å². The van der Waals surface area contributed by atoms with E-state index in [1.165, 1.54) is 23.0 Å². The van der Waals surface area contributed by atoms with E-state index in [2.05, 4.69) is 31.2 Å². The molecule has 0 fully saturated rings. The predicted octanol–water partition coefficient (Wildman–Crippen LogP) is 3.45. The number of furan rings is 1. The van der Waals surface area contributed by atoms with Crippen LogP contribution in [0.4, 0.5) is 0 Å². The molecule has 2 aromatic rings. The van der Waals surface area contributed by atoms with Crippen LogP contribution in [0.3, 0.4) is 0 Å². The highest BCUT2D eigenvalue weighted by Crippen LogP contribution is 2.26. The van der Waals surface area contributed by atoms with Gasteiger partial charge in [-0.15, -0.1) is 0 Å². The van der Waals surface area contributed by atoms with Crippen molar-refractivity contribution in [3.8, 4) is 0 Å². The molecule has 0 radical (unpaired) electrons. The van der Waals surface area contributed by atoms with Crippen LogP contribution in [0, 0.1) is 13.8 Å². The van der Waals surface area contributed by atoms with Crippen LogP contribution < -0.4 is 0 Å². The molecular weight excluding hydrogens is 318 g/mol. The van der Waals surface area contributed by atoms with Crippen LogP contribution in [0.1, 0.15) is 39.2 Å². The number of nitrogens with zero attached hydrogens (tertiary/aromatic N) is 1. The molecular formula is C20H21NO4. The molecule has 3 rings (SSSR count). The number of hydrogen-bond donors (Lipinski definition) is 1. The molecule has 0 atom stereocenters. The standard InChI is InChI=1S/C20H21NO4/c1-13-4-3-5-16(10-13)15-6-8-21(9-7-15)20(24)19-14(2)12-25-17(19)11-18(22)23/h3-6,10,12H,7-9,11H2,1-2H3,(H,22,23). The SMILES string of the molecule is Cc1cccc(C2=CCN(C(=O)c3c(C)coc3CC(=O)O)CC2)c1. The molecule has 0 aliphatic carbocycles. The van der Waals surface area contributed by atoms with Gasteiger partial charge in [-0.2, -0.15) is 0 Å². The number of carboxylic acid groups (broad SMARTS) is 1. The Morgan fingerprint density at radius 1 is 1.28 bits per heavy atom. The maximum atomic E-state index is 12.8. The molecule has 1 N–H and O–H groups in total. The summed E-state index contributed by atoms with van der Waals surface area (Å²) in [6.45, 7) is 4.95. The molecule has 5 nitrogen and oxygen atoms in total. The topological polar surface area (TPSA) is 70.8 Å². The van der Waals surface area contributed by atoms with E-state index in [1.807, 2.05) is 6.07 Å². The maximum absolute atomic E-state index is 12.8. The summed E-state index contributed by atoms with van der Waals surface area (Å²) in [6.07, 6.45) is 4.01. The first kappa shape index (κ1) is 17.0. The van der Waals surface area contributed by atoms with Crippen LogP contribution >= 0.6 is 0 Å². The molecule has 130 valence electrons. The third-order valence-corrected chi connectivity index (χ3v) is 4.46. The van der Waals surface area contributed by atoms with Crippen molar-refractivity contribution >= 4 is 17.4 Å². The van der Waals surface area contributed by atoms with Gasteiger partial charge in [-0.05, 0) is 31.4 Å². The van der Waals surface area contributed by atoms with Crippen molar-refractivity contribution < 1.29 is 19.1 Å². The van der Waals surface area contributed by atoms with Crippen molar-refractivity contribution in [1.82, 2.24) is 4.90 Å². The van der Waals surface area contributed by atoms with Gasteiger partial charge in [0.2, 0.25) is 0 Å². The number of carbonyl (C=O) groups is 2. The number of aryl methyl sites for hydroxylation is 2. The Morgan fingerprint density at radius 3 is 2.72 bits per heavy atom. The van der Waals surface area contributed by atoms with E-state index in [9.17, 15) is 9.59 Å². The summed E-state index contributed by atoms with van der Waals surface area (Å²) in [7, 11) is 0. The summed E-state index contributed by atoms with van der Waals surface area (Å²) in [5.41, 5.74) is 4.70. The summed E-state index contributed by atoms with van der Waals surface area (Å²) in [6, 6.07) is 8.33. The van der Waals surface area contributed by atoms with Gasteiger partial charge in [-0.25, -0.2) is 0 Å². The molecule has 25 heavy (non-hydrogen) atoms. The van der Waals surface area contributed by atoms with Crippen LogP contribution in [0.2, 0.25) is 0 Å². The molecule has 5 heteroatoms. The van der Waals surface area contributed by atoms with Gasteiger partial charge in [0.05, 0.1) is 11.8 Å². The second kappa shape index (κ2) is 6.97. The van der Waals surface area contributed by atoms with E-state index in [-0.39, 0.29) is 18.1 Å². The smallest absolute Gasteiger partial charge is 0.311 e. The first-order valence-electron chi connectivity index (χ1n) is 8.30. The normalized spacial score (nSPS) is 14.3. The minimum atomic E-state index is -1.01. The molecule has 1 aromatic carbocycles. The maximum Gasteiger partial charge on any atom is 0.311 e. The lowest BCUT2D eigenvalue weighted by Gasteiger charge is -2.27. The van der Waals surface area contributed by atoms with E-state index in [0.29, 0.717) is 24.2 Å². The molecule has 0 unspecified atom stereocenters. The summed E-state index contributed by atoms with van der Waals surface area (Å²) in [5, 5.41) is 8.98. The quantitative estimate of drug-likeness (QED) is 0.926. The van der Waals surface area contributed by atoms with Crippen LogP contribution in [-0.2, 0) is 11.2 Å². The fraction of sp³-hybridized carbons (Fsp3) is 0.300. The van der Waals surface area contributed by atoms with E-state index < -0.39 is 5.97 Å². The molecule has 1 aliphatic heterocycles. The predicted molar refractivity (Wildman–Crippen MR) is 94.5 cm³/mol. The van der Waals surface area contributed by atoms with E-state index in [0.717, 1.165) is 6.42 Å². The fourth-order valence-corrected chi connectivity index (χ4v) is 3.17. The average molecular weight is 339 g/mol. The van der Waals surface area contributed by atoms with Crippen molar-refractivity contribution in [1.29, 1.82) is 0 Å². The Labute approximate surface area is 146 Å². The molecule has 1 amide bonds. The highest BCUT2D eigenvalue weighted by molar-refractivity contribution is 5.98. The summed E-state index contributed by atoms with van der Waals surface area (Å²) in [4.78, 5) is 25.5. The van der Waals surface area contributed by atoms with Crippen molar-refractivity contribution in [2.24, 2.45) is 0 Å². The third kappa shape index (κ3) is 3.65. The Kier molecular flexibility index (Phi) is 4.74. The van der Waals surface area contributed by atoms with Crippen LogP contribution in [0.15, 0.2) is 41.0 Å². The molecule has 2 heterocycles. The minimum absolute atomic E-state index is 0.165. The lowest BCUT2D eigenvalue weighted by atomic mass is 9.97. The molecule has 0 saturated heterocycles. The summed E-state index contributed by atoms with van der Waals surface area (Å²) < 4.78 is 5.28. The number of rotatable bonds is 4. The number of hydrogen-bond acceptors (Lipinski definition) is 3. The van der Waals surface area contributed by atoms with Gasteiger partial charge in [-0.3, -0.25) is 9.59 Å². The van der Waals surface area contributed by atoms with E-state index >= 15 is 0 Å². The lowest BCUT2D eigenvalue weighted by Crippen LogP contribution is -2.35. The average Bonchev–Trinajstić information content (AvgIpc) is 2.94. The number of amides is 1. The Morgan fingerprint density at radius 2 is 2.08 bits per heavy atom. The highest BCUT2D eigenvalue weighted by atomic mass is 16.4. The Balaban J connectivity index is 1.78. The number of carboxylic acids is 1. The van der Waals surface area contributed by atoms with Crippen molar-refractivity contribution in [2.75, 3.05) is 13.1 Å². The van der Waals surface area contributed by atoms with Gasteiger partial charge in [-0.1, -0.05) is 35.9 Å².